The van der Waals surface area contributed by atoms with Crippen molar-refractivity contribution in [2.75, 3.05) is 14.2 Å². The van der Waals surface area contributed by atoms with Gasteiger partial charge in [0, 0.05) is 6.54 Å². The van der Waals surface area contributed by atoms with E-state index in [1.807, 2.05) is 42.5 Å². The monoisotopic (exact) mass is 468 g/mol. The zero-order valence-electron chi connectivity index (χ0n) is 18.9. The van der Waals surface area contributed by atoms with Gasteiger partial charge in [-0.1, -0.05) is 48.5 Å². The molecular formula is C25H28N2O5S. The Balaban J connectivity index is 1.82. The Morgan fingerprint density at radius 1 is 0.909 bits per heavy atom. The largest absolute Gasteiger partial charge is 0.497 e. The summed E-state index contributed by atoms with van der Waals surface area (Å²) >= 11 is 0. The van der Waals surface area contributed by atoms with Gasteiger partial charge in [-0.05, 0) is 54.3 Å². The number of aryl methyl sites for hydroxylation is 1. The van der Waals surface area contributed by atoms with Gasteiger partial charge in [0.15, 0.2) is 0 Å². The van der Waals surface area contributed by atoms with E-state index >= 15 is 0 Å². The fraction of sp³-hybridized carbons (Fsp3) is 0.240. The van der Waals surface area contributed by atoms with Crippen molar-refractivity contribution >= 4 is 15.9 Å². The standard InChI is InChI=1S/C25H28N2O5S/c1-18-9-14-23(32-3)24(15-18)33(29,30)27-22(16-19-7-5-4-6-8-19)25(28)26-17-20-10-12-21(31-2)13-11-20/h4-15,22,27H,16-17H2,1-3H3,(H,26,28)/t22-/m1/s1. The van der Waals surface area contributed by atoms with Crippen LogP contribution in [0.15, 0.2) is 77.7 Å². The van der Waals surface area contributed by atoms with E-state index in [4.69, 9.17) is 9.47 Å². The molecule has 0 aliphatic heterocycles. The summed E-state index contributed by atoms with van der Waals surface area (Å²) in [5.41, 5.74) is 2.46. The van der Waals surface area contributed by atoms with E-state index in [9.17, 15) is 13.2 Å². The summed E-state index contributed by atoms with van der Waals surface area (Å²) in [5.74, 6) is 0.502. The quantitative estimate of drug-likeness (QED) is 0.477. The van der Waals surface area contributed by atoms with Gasteiger partial charge in [0.25, 0.3) is 0 Å². The minimum atomic E-state index is -4.03. The molecule has 1 amide bonds. The minimum Gasteiger partial charge on any atom is -0.497 e. The van der Waals surface area contributed by atoms with Gasteiger partial charge in [-0.3, -0.25) is 4.79 Å². The molecule has 0 spiro atoms. The molecule has 0 fully saturated rings. The Labute approximate surface area is 194 Å². The van der Waals surface area contributed by atoms with E-state index in [0.29, 0.717) is 5.75 Å². The SMILES string of the molecule is COc1ccc(CNC(=O)[C@@H](Cc2ccccc2)NS(=O)(=O)c2cc(C)ccc2OC)cc1. The lowest BCUT2D eigenvalue weighted by atomic mass is 10.1. The summed E-state index contributed by atoms with van der Waals surface area (Å²) < 4.78 is 39.4. The number of sulfonamides is 1. The number of rotatable bonds is 10. The van der Waals surface area contributed by atoms with Gasteiger partial charge >= 0.3 is 0 Å². The van der Waals surface area contributed by atoms with Crippen molar-refractivity contribution in [3.63, 3.8) is 0 Å². The number of carbonyl (C=O) groups is 1. The molecule has 0 aliphatic rings. The van der Waals surface area contributed by atoms with Crippen LogP contribution in [0.2, 0.25) is 0 Å². The maximum absolute atomic E-state index is 13.2. The average Bonchev–Trinajstić information content (AvgIpc) is 2.83. The first kappa shape index (κ1) is 24.3. The number of ether oxygens (including phenoxy) is 2. The third kappa shape index (κ3) is 6.57. The van der Waals surface area contributed by atoms with E-state index in [0.717, 1.165) is 16.7 Å². The van der Waals surface area contributed by atoms with Crippen LogP contribution in [-0.4, -0.2) is 34.6 Å². The van der Waals surface area contributed by atoms with Gasteiger partial charge in [0.05, 0.1) is 14.2 Å². The molecular weight excluding hydrogens is 440 g/mol. The van der Waals surface area contributed by atoms with Gasteiger partial charge in [-0.25, -0.2) is 8.42 Å². The number of carbonyl (C=O) groups excluding carboxylic acids is 1. The molecule has 3 aromatic carbocycles. The molecule has 3 rings (SSSR count). The first-order valence-corrected chi connectivity index (χ1v) is 11.9. The van der Waals surface area contributed by atoms with Crippen LogP contribution in [0.5, 0.6) is 11.5 Å². The predicted molar refractivity (Wildman–Crippen MR) is 127 cm³/mol. The van der Waals surface area contributed by atoms with Crippen molar-refractivity contribution in [2.24, 2.45) is 0 Å². The Morgan fingerprint density at radius 3 is 2.24 bits per heavy atom. The summed E-state index contributed by atoms with van der Waals surface area (Å²) in [7, 11) is -1.04. The summed E-state index contributed by atoms with van der Waals surface area (Å²) in [4.78, 5) is 13.1. The second kappa shape index (κ2) is 11.0. The fourth-order valence-corrected chi connectivity index (χ4v) is 4.79. The lowest BCUT2D eigenvalue weighted by Gasteiger charge is -2.20. The second-order valence-corrected chi connectivity index (χ2v) is 9.27. The molecule has 0 saturated heterocycles. The van der Waals surface area contributed by atoms with Crippen LogP contribution in [0, 0.1) is 6.92 Å². The molecule has 0 radical (unpaired) electrons. The van der Waals surface area contributed by atoms with Crippen LogP contribution in [-0.2, 0) is 27.8 Å². The maximum atomic E-state index is 13.2. The molecule has 0 unspecified atom stereocenters. The zero-order chi connectivity index (χ0) is 23.8. The first-order valence-electron chi connectivity index (χ1n) is 10.4. The molecule has 0 saturated carbocycles. The van der Waals surface area contributed by atoms with E-state index in [1.165, 1.54) is 13.2 Å². The van der Waals surface area contributed by atoms with Crippen molar-refractivity contribution in [1.29, 1.82) is 0 Å². The number of amides is 1. The van der Waals surface area contributed by atoms with Gasteiger partial charge in [-0.2, -0.15) is 4.72 Å². The summed E-state index contributed by atoms with van der Waals surface area (Å²) in [5, 5.41) is 2.83. The van der Waals surface area contributed by atoms with Crippen LogP contribution in [0.25, 0.3) is 0 Å². The number of nitrogens with one attached hydrogen (secondary N) is 2. The Bertz CT molecular complexity index is 1180. The smallest absolute Gasteiger partial charge is 0.244 e. The van der Waals surface area contributed by atoms with Crippen molar-refractivity contribution in [3.05, 3.63) is 89.5 Å². The van der Waals surface area contributed by atoms with Gasteiger partial charge in [0.1, 0.15) is 22.4 Å². The Morgan fingerprint density at radius 2 is 1.61 bits per heavy atom. The van der Waals surface area contributed by atoms with Crippen LogP contribution in [0.1, 0.15) is 16.7 Å². The summed E-state index contributed by atoms with van der Waals surface area (Å²) in [6.45, 7) is 2.05. The Hall–Kier alpha value is -3.36. The molecule has 0 aromatic heterocycles. The molecule has 0 heterocycles. The predicted octanol–water partition coefficient (Wildman–Crippen LogP) is 3.22. The topological polar surface area (TPSA) is 93.7 Å². The molecule has 2 N–H and O–H groups in total. The fourth-order valence-electron chi connectivity index (χ4n) is 3.34. The van der Waals surface area contributed by atoms with Gasteiger partial charge in [-0.15, -0.1) is 0 Å². The molecule has 0 bridgehead atoms. The number of benzene rings is 3. The van der Waals surface area contributed by atoms with E-state index in [2.05, 4.69) is 10.0 Å². The molecule has 1 atom stereocenters. The number of hydrogen-bond donors (Lipinski definition) is 2. The summed E-state index contributed by atoms with van der Waals surface area (Å²) in [6.07, 6.45) is 0.197. The maximum Gasteiger partial charge on any atom is 0.244 e. The Kier molecular flexibility index (Phi) is 8.08. The highest BCUT2D eigenvalue weighted by molar-refractivity contribution is 7.89. The van der Waals surface area contributed by atoms with Crippen LogP contribution in [0.4, 0.5) is 0 Å². The zero-order valence-corrected chi connectivity index (χ0v) is 19.7. The minimum absolute atomic E-state index is 0.00832. The van der Waals surface area contributed by atoms with Gasteiger partial charge < -0.3 is 14.8 Å². The van der Waals surface area contributed by atoms with Crippen LogP contribution >= 0.6 is 0 Å². The van der Waals surface area contributed by atoms with Gasteiger partial charge in [0.2, 0.25) is 15.9 Å². The molecule has 174 valence electrons. The molecule has 7 nitrogen and oxygen atoms in total. The highest BCUT2D eigenvalue weighted by Crippen LogP contribution is 2.25. The molecule has 3 aromatic rings. The highest BCUT2D eigenvalue weighted by atomic mass is 32.2. The number of hydrogen-bond acceptors (Lipinski definition) is 5. The van der Waals surface area contributed by atoms with E-state index < -0.39 is 22.0 Å². The van der Waals surface area contributed by atoms with Crippen molar-refractivity contribution in [1.82, 2.24) is 10.0 Å². The van der Waals surface area contributed by atoms with Crippen molar-refractivity contribution < 1.29 is 22.7 Å². The third-order valence-electron chi connectivity index (χ3n) is 5.13. The third-order valence-corrected chi connectivity index (χ3v) is 6.62. The molecule has 8 heteroatoms. The molecule has 33 heavy (non-hydrogen) atoms. The lowest BCUT2D eigenvalue weighted by Crippen LogP contribution is -2.47. The van der Waals surface area contributed by atoms with Crippen LogP contribution in [0.3, 0.4) is 0 Å². The second-order valence-electron chi connectivity index (χ2n) is 7.58. The average molecular weight is 469 g/mol. The summed E-state index contributed by atoms with van der Waals surface area (Å²) in [6, 6.07) is 20.4. The van der Waals surface area contributed by atoms with Crippen molar-refractivity contribution in [2.45, 2.75) is 30.8 Å². The van der Waals surface area contributed by atoms with E-state index in [-0.39, 0.29) is 23.6 Å². The normalized spacial score (nSPS) is 12.1. The lowest BCUT2D eigenvalue weighted by molar-refractivity contribution is -0.122. The van der Waals surface area contributed by atoms with E-state index in [1.54, 1.807) is 38.3 Å². The van der Waals surface area contributed by atoms with Crippen molar-refractivity contribution in [3.8, 4) is 11.5 Å². The highest BCUT2D eigenvalue weighted by Gasteiger charge is 2.28. The number of methoxy groups -OCH3 is 2. The molecule has 0 aliphatic carbocycles. The first-order chi connectivity index (χ1) is 15.8. The van der Waals surface area contributed by atoms with Crippen LogP contribution < -0.4 is 19.5 Å².